The van der Waals surface area contributed by atoms with Crippen molar-refractivity contribution in [1.82, 2.24) is 0 Å². The van der Waals surface area contributed by atoms with Crippen molar-refractivity contribution in [3.63, 3.8) is 0 Å². The fourth-order valence-electron chi connectivity index (χ4n) is 0. The van der Waals surface area contributed by atoms with Gasteiger partial charge in [0, 0.05) is 0 Å². The van der Waals surface area contributed by atoms with E-state index in [1.807, 2.05) is 0 Å². The van der Waals surface area contributed by atoms with Crippen LogP contribution in [0.25, 0.3) is 0 Å². The van der Waals surface area contributed by atoms with Gasteiger partial charge in [-0.2, -0.15) is 0 Å². The summed E-state index contributed by atoms with van der Waals surface area (Å²) in [4.78, 5) is 0. The van der Waals surface area contributed by atoms with Crippen molar-refractivity contribution in [2.45, 2.75) is 0 Å². The van der Waals surface area contributed by atoms with Crippen LogP contribution in [0.4, 0.5) is 0 Å². The molecule has 16 nitrogen and oxygen atoms in total. The Morgan fingerprint density at radius 2 is 0.440 bits per heavy atom. The maximum Gasteiger partial charge on any atom is 2.00 e. The first kappa shape index (κ1) is 57.5. The molecule has 0 aromatic rings. The van der Waals surface area contributed by atoms with Gasteiger partial charge in [-0.15, -0.1) is 0 Å². The molecule has 25 heavy (non-hydrogen) atoms. The normalized spacial score (nSPS) is 9.36. The molecular weight excluding hydrogens is 1650 g/mol. The predicted octanol–water partition coefficient (Wildman–Crippen LogP) is -15.3. The maximum absolute atomic E-state index is 8.64. The molecule has 0 aromatic heterocycles. The minimum atomic E-state index is -6.10. The largest absolute Gasteiger partial charge is 2.00 e. The molecule has 0 spiro atoms. The van der Waals surface area contributed by atoms with Crippen molar-refractivity contribution in [2.75, 3.05) is 0 Å². The fourth-order valence-corrected chi connectivity index (χ4v) is 0. The SMILES string of the molecule is [O]=[Mn](=[O])([O-])[O-].[O]=[Mn](=[O])([O-])[O-].[O]=[Sb]([O-])([O-])[O-].[O]=[Sb]([O-])([O-])[O-].[Pb+2].[Pb+2].[Pb+2].[Pb+2].[Pb+2]. The molecule has 0 fully saturated rings. The molecular formula is Mn2O16Pb5Sb2. The maximum atomic E-state index is 8.64. The van der Waals surface area contributed by atoms with E-state index in [2.05, 4.69) is 0 Å². The molecule has 140 valence electrons. The third-order valence-electron chi connectivity index (χ3n) is 0. The predicted molar refractivity (Wildman–Crippen MR) is 44.4 cm³/mol. The van der Waals surface area contributed by atoms with Gasteiger partial charge in [0.2, 0.25) is 0 Å². The average Bonchev–Trinajstić information content (AvgIpc) is 1.62. The second-order valence-electron chi connectivity index (χ2n) is 1.65. The van der Waals surface area contributed by atoms with Gasteiger partial charge in [0.1, 0.15) is 0 Å². The van der Waals surface area contributed by atoms with Gasteiger partial charge in [0.05, 0.1) is 0 Å². The number of hydrogen-bond acceptors (Lipinski definition) is 16. The van der Waals surface area contributed by atoms with Crippen molar-refractivity contribution in [1.29, 1.82) is 0 Å². The Morgan fingerprint density at radius 3 is 0.440 bits per heavy atom. The van der Waals surface area contributed by atoms with Gasteiger partial charge in [-0.1, -0.05) is 0 Å². The first-order valence-corrected chi connectivity index (χ1v) is 14.9. The Morgan fingerprint density at radius 1 is 0.440 bits per heavy atom. The molecule has 0 saturated carbocycles. The number of rotatable bonds is 0. The molecule has 0 aliphatic rings. The van der Waals surface area contributed by atoms with Crippen LogP contribution >= 0.6 is 0 Å². The number of hydrogen-bond donors (Lipinski definition) is 0. The van der Waals surface area contributed by atoms with Gasteiger partial charge < -0.3 is 0 Å². The Kier molecular flexibility index (Phi) is 63.8. The summed E-state index contributed by atoms with van der Waals surface area (Å²) in [6, 6.07) is 0. The van der Waals surface area contributed by atoms with E-state index in [4.69, 9.17) is 58.4 Å². The van der Waals surface area contributed by atoms with Crippen molar-refractivity contribution in [2.24, 2.45) is 0 Å². The van der Waals surface area contributed by atoms with E-state index in [1.165, 1.54) is 0 Å². The van der Waals surface area contributed by atoms with E-state index in [0.29, 0.717) is 0 Å². The van der Waals surface area contributed by atoms with E-state index in [-0.39, 0.29) is 136 Å². The van der Waals surface area contributed by atoms with Gasteiger partial charge in [0.15, 0.2) is 0 Å². The molecule has 0 saturated heterocycles. The summed E-state index contributed by atoms with van der Waals surface area (Å²) in [5.41, 5.74) is 0. The van der Waals surface area contributed by atoms with Crippen LogP contribution in [0.2, 0.25) is 0 Å². The molecule has 0 unspecified atom stereocenters. The summed E-state index contributed by atoms with van der Waals surface area (Å²) >= 11 is -23.5. The van der Waals surface area contributed by atoms with Gasteiger partial charge in [-0.3, -0.25) is 0 Å². The quantitative estimate of drug-likeness (QED) is 0.203. The Hall–Kier alpha value is 5.69. The third-order valence-corrected chi connectivity index (χ3v) is 0. The first-order valence-electron chi connectivity index (χ1n) is 2.70. The van der Waals surface area contributed by atoms with Crippen LogP contribution in [0.15, 0.2) is 0 Å². The third kappa shape index (κ3) is 704. The zero-order valence-corrected chi connectivity index (χ0v) is 37.6. The van der Waals surface area contributed by atoms with Crippen LogP contribution in [-0.2, 0) is 48.1 Å². The van der Waals surface area contributed by atoms with E-state index < -0.39 is 66.8 Å². The summed E-state index contributed by atoms with van der Waals surface area (Å²) in [5.74, 6) is 0. The van der Waals surface area contributed by atoms with Crippen LogP contribution in [-0.4, -0.2) is 177 Å². The van der Waals surface area contributed by atoms with Crippen LogP contribution in [0, 0.1) is 0 Å². The molecule has 0 rings (SSSR count). The van der Waals surface area contributed by atoms with Gasteiger partial charge in [-0.25, -0.2) is 0 Å². The van der Waals surface area contributed by atoms with Gasteiger partial charge in [-0.05, 0) is 0 Å². The van der Waals surface area contributed by atoms with Gasteiger partial charge in [0.25, 0.3) is 0 Å². The summed E-state index contributed by atoms with van der Waals surface area (Å²) < 4.78 is 138. The molecule has 0 aromatic carbocycles. The average molecular weight is 1650 g/mol. The smallest absolute Gasteiger partial charge is 2.00 e. The zero-order chi connectivity index (χ0) is 18.0. The molecule has 0 atom stereocenters. The van der Waals surface area contributed by atoms with E-state index in [1.54, 1.807) is 0 Å². The molecule has 0 heterocycles. The molecule has 0 aliphatic heterocycles. The van der Waals surface area contributed by atoms with Crippen molar-refractivity contribution >= 4 is 177 Å². The van der Waals surface area contributed by atoms with Crippen molar-refractivity contribution < 1.29 is 85.2 Å². The first-order chi connectivity index (χ1) is 8.00. The monoisotopic (exact) mass is 1650 g/mol. The van der Waals surface area contributed by atoms with Crippen LogP contribution in [0.1, 0.15) is 0 Å². The molecule has 10 radical (unpaired) electrons. The zero-order valence-electron chi connectivity index (χ0n) is 10.7. The minimum absolute atomic E-state index is 0. The van der Waals surface area contributed by atoms with E-state index in [9.17, 15) is 0 Å². The summed E-state index contributed by atoms with van der Waals surface area (Å²) in [5, 5.41) is 0. The Balaban J connectivity index is -0.0000000183. The van der Waals surface area contributed by atoms with Crippen LogP contribution in [0.3, 0.4) is 0 Å². The van der Waals surface area contributed by atoms with E-state index in [0.717, 1.165) is 0 Å². The molecule has 0 N–H and O–H groups in total. The Bertz CT molecular complexity index is 442. The molecule has 0 amide bonds. The molecule has 0 aliphatic carbocycles. The summed E-state index contributed by atoms with van der Waals surface area (Å²) in [7, 11) is 0. The van der Waals surface area contributed by atoms with E-state index >= 15 is 0 Å². The van der Waals surface area contributed by atoms with Crippen LogP contribution < -0.4 is 37.1 Å². The van der Waals surface area contributed by atoms with Crippen molar-refractivity contribution in [3.8, 4) is 0 Å². The standard InChI is InChI=1S/2Mn.16O.5Pb.2Sb/q;;;;;;;;10*-1;5*+2;;. The van der Waals surface area contributed by atoms with Crippen molar-refractivity contribution in [3.05, 3.63) is 0 Å². The molecule has 25 heteroatoms. The van der Waals surface area contributed by atoms with Gasteiger partial charge >= 0.3 is 262 Å². The summed E-state index contributed by atoms with van der Waals surface area (Å²) in [6.07, 6.45) is 0. The van der Waals surface area contributed by atoms with Crippen LogP contribution in [0.5, 0.6) is 0 Å². The summed E-state index contributed by atoms with van der Waals surface area (Å²) in [6.45, 7) is 0. The Labute approximate surface area is 255 Å². The minimum Gasteiger partial charge on any atom is 2.00 e. The second kappa shape index (κ2) is 27.7. The topological polar surface area (TPSA) is 333 Å². The second-order valence-corrected chi connectivity index (χ2v) is 9.12. The molecule has 0 bridgehead atoms. The fraction of sp³-hybridized carbons (Fsp3) is 0.